The largest absolute Gasteiger partial charge is 0.453 e. The third kappa shape index (κ3) is 7.32. The van der Waals surface area contributed by atoms with Gasteiger partial charge in [0.2, 0.25) is 5.95 Å². The van der Waals surface area contributed by atoms with Gasteiger partial charge in [-0.15, -0.1) is 11.3 Å². The number of halogens is 1. The Hall–Kier alpha value is -4.17. The maximum atomic E-state index is 12.3. The number of hydrogen-bond donors (Lipinski definition) is 1. The summed E-state index contributed by atoms with van der Waals surface area (Å²) < 4.78 is 16.1. The number of benzene rings is 3. The van der Waals surface area contributed by atoms with E-state index in [2.05, 4.69) is 131 Å². The number of fused-ring (bicyclic) bond motifs is 2. The molecule has 0 radical (unpaired) electrons. The van der Waals surface area contributed by atoms with Crippen LogP contribution in [0.5, 0.6) is 0 Å². The van der Waals surface area contributed by atoms with Gasteiger partial charge in [0, 0.05) is 23.1 Å². The minimum Gasteiger partial charge on any atom is -0.453 e. The van der Waals surface area contributed by atoms with Crippen molar-refractivity contribution in [2.24, 2.45) is 0 Å². The maximum Gasteiger partial charge on any atom is 0.413 e. The summed E-state index contributed by atoms with van der Waals surface area (Å²) in [7, 11) is -1.44. The van der Waals surface area contributed by atoms with Gasteiger partial charge in [-0.05, 0) is 43.8 Å². The summed E-state index contributed by atoms with van der Waals surface area (Å²) in [5.74, 6) is 0.785. The van der Waals surface area contributed by atoms with Gasteiger partial charge in [0.25, 0.3) is 8.32 Å². The van der Waals surface area contributed by atoms with E-state index in [-0.39, 0.29) is 11.0 Å². The maximum absolute atomic E-state index is 12.3. The van der Waals surface area contributed by atoms with Crippen molar-refractivity contribution in [2.75, 3.05) is 37.0 Å². The third-order valence-corrected chi connectivity index (χ3v) is 15.6. The fraction of sp³-hybridized carbons (Fsp3) is 0.324. The van der Waals surface area contributed by atoms with Crippen molar-refractivity contribution in [1.82, 2.24) is 24.7 Å². The quantitative estimate of drug-likeness (QED) is 0.120. The van der Waals surface area contributed by atoms with Crippen molar-refractivity contribution in [3.63, 3.8) is 0 Å². The van der Waals surface area contributed by atoms with Gasteiger partial charge in [-0.3, -0.25) is 10.00 Å². The number of hydrogen-bond acceptors (Lipinski definition) is 9. The van der Waals surface area contributed by atoms with Crippen LogP contribution >= 0.6 is 27.3 Å². The molecule has 0 fully saturated rings. The minimum absolute atomic E-state index is 0.152. The number of anilines is 2. The average molecular weight is 773 g/mol. The van der Waals surface area contributed by atoms with Crippen LogP contribution in [-0.4, -0.2) is 65.9 Å². The highest BCUT2D eigenvalue weighted by molar-refractivity contribution is 9.10. The number of carbonyl (C=O) groups is 1. The van der Waals surface area contributed by atoms with Gasteiger partial charge in [0.15, 0.2) is 11.3 Å². The first-order valence-corrected chi connectivity index (χ1v) is 20.3. The molecule has 1 N–H and O–H groups in total. The highest BCUT2D eigenvalue weighted by Crippen LogP contribution is 2.37. The normalized spacial score (nSPS) is 12.0. The molecule has 3 aromatic carbocycles. The Morgan fingerprint density at radius 1 is 0.980 bits per heavy atom. The zero-order valence-corrected chi connectivity index (χ0v) is 32.4. The van der Waals surface area contributed by atoms with Crippen LogP contribution in [0.25, 0.3) is 21.3 Å². The van der Waals surface area contributed by atoms with E-state index < -0.39 is 14.4 Å². The molecule has 0 spiro atoms. The van der Waals surface area contributed by atoms with Crippen LogP contribution in [0.4, 0.5) is 16.6 Å². The van der Waals surface area contributed by atoms with Crippen molar-refractivity contribution in [3.05, 3.63) is 94.5 Å². The molecule has 6 rings (SSSR count). The van der Waals surface area contributed by atoms with Crippen LogP contribution in [0.15, 0.2) is 89.0 Å². The molecule has 0 saturated carbocycles. The number of amides is 1. The van der Waals surface area contributed by atoms with Crippen LogP contribution in [0.1, 0.15) is 46.1 Å². The Bertz CT molecular complexity index is 2030. The Balaban J connectivity index is 1.38. The lowest BCUT2D eigenvalue weighted by Crippen LogP contribution is -2.67. The topological polar surface area (TPSA) is 107 Å². The summed E-state index contributed by atoms with van der Waals surface area (Å²) >= 11 is 5.24. The number of ether oxygens (including phenoxy) is 1. The van der Waals surface area contributed by atoms with Crippen LogP contribution < -0.4 is 20.6 Å². The highest BCUT2D eigenvalue weighted by Gasteiger charge is 2.50. The van der Waals surface area contributed by atoms with E-state index in [0.29, 0.717) is 36.5 Å². The van der Waals surface area contributed by atoms with E-state index >= 15 is 0 Å². The summed E-state index contributed by atoms with van der Waals surface area (Å²) in [5.41, 5.74) is 5.10. The predicted octanol–water partition coefficient (Wildman–Crippen LogP) is 7.61. The number of carbonyl (C=O) groups excluding carboxylic acids is 1. The van der Waals surface area contributed by atoms with E-state index in [1.165, 1.54) is 17.5 Å². The second kappa shape index (κ2) is 15.4. The average Bonchev–Trinajstić information content (AvgIpc) is 3.77. The molecule has 0 aliphatic rings. The van der Waals surface area contributed by atoms with Gasteiger partial charge in [-0.2, -0.15) is 10.1 Å². The summed E-state index contributed by atoms with van der Waals surface area (Å²) in [5, 5.41) is 10.0. The monoisotopic (exact) mass is 771 g/mol. The summed E-state index contributed by atoms with van der Waals surface area (Å²) in [6, 6.07) is 25.4. The van der Waals surface area contributed by atoms with Crippen molar-refractivity contribution < 1.29 is 14.0 Å². The second-order valence-corrected chi connectivity index (χ2v) is 19.2. The second-order valence-electron chi connectivity index (χ2n) is 13.1. The lowest BCUT2D eigenvalue weighted by molar-refractivity contribution is 0.186. The molecule has 0 aliphatic carbocycles. The summed E-state index contributed by atoms with van der Waals surface area (Å²) in [6.07, 6.45) is 3.18. The fourth-order valence-corrected chi connectivity index (χ4v) is 12.4. The van der Waals surface area contributed by atoms with Crippen molar-refractivity contribution in [3.8, 4) is 0 Å². The first-order chi connectivity index (χ1) is 24.1. The number of aromatic nitrogens is 5. The minimum atomic E-state index is -2.76. The van der Waals surface area contributed by atoms with Crippen LogP contribution in [0.3, 0.4) is 0 Å². The third-order valence-electron chi connectivity index (χ3n) is 8.82. The number of nitrogens with one attached hydrogen (secondary N) is 1. The van der Waals surface area contributed by atoms with E-state index in [9.17, 15) is 4.79 Å². The standard InChI is InChI=1S/C37H42BrN7O3SSi/c1-6-7-20-44(21-22-48-50(37(2,3)4,27-14-10-8-11-15-27)28-16-12-9-13-17-28)34-32-30(40-35(41-34)42-36(46)47-5)24-45(43-32)23-26-18-19-29(38)33-31(26)39-25-49-33/h8-19,24-25H,6-7,20-23H2,1-5H3,(H,40,42,46). The SMILES string of the molecule is CCCCN(CCO[Si](c1ccccc1)(c1ccccc1)C(C)(C)C)c1nc(NC(=O)OC)nc2cn(Cc3ccc(Br)c4scnc34)nc12. The number of nitrogens with zero attached hydrogens (tertiary/aromatic N) is 6. The molecule has 3 heterocycles. The Morgan fingerprint density at radius 3 is 2.32 bits per heavy atom. The van der Waals surface area contributed by atoms with Crippen LogP contribution in [-0.2, 0) is 15.7 Å². The molecule has 0 saturated heterocycles. The smallest absolute Gasteiger partial charge is 0.413 e. The molecule has 0 unspecified atom stereocenters. The number of unbranched alkanes of at least 4 members (excludes halogenated alkanes) is 1. The molecule has 3 aromatic heterocycles. The molecule has 1 amide bonds. The first-order valence-electron chi connectivity index (χ1n) is 16.7. The van der Waals surface area contributed by atoms with Gasteiger partial charge in [0.05, 0.1) is 42.2 Å². The zero-order chi connectivity index (χ0) is 35.3. The van der Waals surface area contributed by atoms with Crippen molar-refractivity contribution >= 4 is 85.1 Å². The summed E-state index contributed by atoms with van der Waals surface area (Å²) in [6.45, 7) is 11.3. The Kier molecular flexibility index (Phi) is 11.0. The van der Waals surface area contributed by atoms with Gasteiger partial charge in [-0.25, -0.2) is 14.8 Å². The fourth-order valence-electron chi connectivity index (χ4n) is 6.46. The lowest BCUT2D eigenvalue weighted by Gasteiger charge is -2.43. The molecule has 0 aliphatic heterocycles. The molecule has 6 aromatic rings. The number of rotatable bonds is 13. The number of methoxy groups -OCH3 is 1. The van der Waals surface area contributed by atoms with Gasteiger partial charge < -0.3 is 14.1 Å². The molecule has 13 heteroatoms. The van der Waals surface area contributed by atoms with Gasteiger partial charge in [0.1, 0.15) is 5.52 Å². The molecular weight excluding hydrogens is 731 g/mol. The Morgan fingerprint density at radius 2 is 1.68 bits per heavy atom. The molecule has 260 valence electrons. The van der Waals surface area contributed by atoms with E-state index in [4.69, 9.17) is 19.2 Å². The van der Waals surface area contributed by atoms with E-state index in [1.54, 1.807) is 11.3 Å². The highest BCUT2D eigenvalue weighted by atomic mass is 79.9. The molecule has 10 nitrogen and oxygen atoms in total. The molecule has 0 atom stereocenters. The van der Waals surface area contributed by atoms with Crippen LogP contribution in [0, 0.1) is 0 Å². The van der Waals surface area contributed by atoms with Crippen LogP contribution in [0.2, 0.25) is 5.04 Å². The zero-order valence-electron chi connectivity index (χ0n) is 29.0. The first kappa shape index (κ1) is 35.6. The van der Waals surface area contributed by atoms with E-state index in [1.807, 2.05) is 22.5 Å². The van der Waals surface area contributed by atoms with E-state index in [0.717, 1.165) is 39.6 Å². The number of thiazole rings is 1. The molecule has 50 heavy (non-hydrogen) atoms. The van der Waals surface area contributed by atoms with Gasteiger partial charge in [-0.1, -0.05) is 101 Å². The Labute approximate surface area is 306 Å². The predicted molar refractivity (Wildman–Crippen MR) is 208 cm³/mol. The molecular formula is C37H42BrN7O3SSi. The van der Waals surface area contributed by atoms with Gasteiger partial charge >= 0.3 is 6.09 Å². The molecule has 0 bridgehead atoms. The summed E-state index contributed by atoms with van der Waals surface area (Å²) in [4.78, 5) is 28.7. The lowest BCUT2D eigenvalue weighted by atomic mass is 10.2. The van der Waals surface area contributed by atoms with Crippen molar-refractivity contribution in [1.29, 1.82) is 0 Å². The van der Waals surface area contributed by atoms with Crippen molar-refractivity contribution in [2.45, 2.75) is 52.1 Å².